The molecule has 2 atom stereocenters. The highest BCUT2D eigenvalue weighted by Crippen LogP contribution is 2.37. The molecule has 0 saturated carbocycles. The Morgan fingerprint density at radius 1 is 1.15 bits per heavy atom. The topological polar surface area (TPSA) is 111 Å². The fourth-order valence-electron chi connectivity index (χ4n) is 4.00. The van der Waals surface area contributed by atoms with Crippen molar-refractivity contribution >= 4 is 34.8 Å². The van der Waals surface area contributed by atoms with Gasteiger partial charge in [-0.1, -0.05) is 67.1 Å². The number of nitrogens with two attached hydrogens (primary N) is 2. The number of aryl methyl sites for hydroxylation is 1. The molecule has 0 saturated heterocycles. The number of benzene rings is 2. The molecule has 3 rings (SSSR count). The first-order chi connectivity index (χ1) is 15.8. The molecule has 1 heterocycles. The van der Waals surface area contributed by atoms with Crippen LogP contribution in [0.25, 0.3) is 10.4 Å². The van der Waals surface area contributed by atoms with Gasteiger partial charge in [-0.2, -0.15) is 0 Å². The Morgan fingerprint density at radius 3 is 2.42 bits per heavy atom. The number of hydrogen-bond donors (Lipinski definition) is 3. The van der Waals surface area contributed by atoms with Gasteiger partial charge in [0.1, 0.15) is 5.54 Å². The highest BCUT2D eigenvalue weighted by Gasteiger charge is 2.45. The lowest BCUT2D eigenvalue weighted by Gasteiger charge is -2.38. The van der Waals surface area contributed by atoms with Crippen molar-refractivity contribution in [3.05, 3.63) is 75.9 Å². The molecule has 174 valence electrons. The Hall–Kier alpha value is -2.74. The molecule has 6 nitrogen and oxygen atoms in total. The standard InChI is InChI=1S/C25H29ClN4O2S/c1-3-21(31)30-25(24(28)32,18(15-27)13-17-9-5-4-6-10-17)14-22-29-16(2)23(33-22)19-11-7-8-12-20(19)26/h4-12,18H,3,13-15,27H2,1-2H3,(H2,28,32)(H,30,31)/t18-,25?/m0/s1. The van der Waals surface area contributed by atoms with Crippen LogP contribution in [0.4, 0.5) is 0 Å². The summed E-state index contributed by atoms with van der Waals surface area (Å²) in [6, 6.07) is 17.3. The van der Waals surface area contributed by atoms with Gasteiger partial charge in [-0.25, -0.2) is 4.98 Å². The SMILES string of the molecule is CCC(=O)NC(Cc1nc(C)c(-c2ccccc2Cl)s1)(C(N)=O)[C@H](CN)Cc1ccccc1. The first-order valence-corrected chi connectivity index (χ1v) is 12.1. The van der Waals surface area contributed by atoms with E-state index in [0.717, 1.165) is 21.7 Å². The number of amides is 2. The Labute approximate surface area is 203 Å². The number of carbonyl (C=O) groups excluding carboxylic acids is 2. The van der Waals surface area contributed by atoms with Gasteiger partial charge in [-0.05, 0) is 31.5 Å². The van der Waals surface area contributed by atoms with Gasteiger partial charge in [-0.3, -0.25) is 9.59 Å². The van der Waals surface area contributed by atoms with Crippen LogP contribution < -0.4 is 16.8 Å². The molecule has 33 heavy (non-hydrogen) atoms. The lowest BCUT2D eigenvalue weighted by Crippen LogP contribution is -2.65. The van der Waals surface area contributed by atoms with Gasteiger partial charge >= 0.3 is 0 Å². The number of hydrogen-bond acceptors (Lipinski definition) is 5. The maximum atomic E-state index is 13.0. The minimum Gasteiger partial charge on any atom is -0.368 e. The third-order valence-electron chi connectivity index (χ3n) is 5.82. The molecule has 1 unspecified atom stereocenters. The first kappa shape index (κ1) is 24.9. The summed E-state index contributed by atoms with van der Waals surface area (Å²) in [4.78, 5) is 31.2. The van der Waals surface area contributed by atoms with Gasteiger partial charge in [0.05, 0.1) is 15.6 Å². The Morgan fingerprint density at radius 2 is 1.82 bits per heavy atom. The van der Waals surface area contributed by atoms with E-state index in [1.165, 1.54) is 11.3 Å². The van der Waals surface area contributed by atoms with E-state index in [9.17, 15) is 9.59 Å². The largest absolute Gasteiger partial charge is 0.368 e. The summed E-state index contributed by atoms with van der Waals surface area (Å²) in [6.07, 6.45) is 0.865. The van der Waals surface area contributed by atoms with Crippen LogP contribution in [-0.2, 0) is 22.4 Å². The van der Waals surface area contributed by atoms with Gasteiger partial charge in [-0.15, -0.1) is 11.3 Å². The quantitative estimate of drug-likeness (QED) is 0.405. The lowest BCUT2D eigenvalue weighted by molar-refractivity contribution is -0.133. The van der Waals surface area contributed by atoms with Gasteiger partial charge in [0.25, 0.3) is 0 Å². The fourth-order valence-corrected chi connectivity index (χ4v) is 5.48. The normalized spacial score (nSPS) is 13.8. The van der Waals surface area contributed by atoms with E-state index in [1.807, 2.05) is 61.5 Å². The molecule has 3 aromatic rings. The molecule has 0 aliphatic heterocycles. The minimum atomic E-state index is -1.38. The van der Waals surface area contributed by atoms with Crippen molar-refractivity contribution in [1.29, 1.82) is 0 Å². The van der Waals surface area contributed by atoms with Crippen molar-refractivity contribution in [3.8, 4) is 10.4 Å². The van der Waals surface area contributed by atoms with Crippen LogP contribution in [0.5, 0.6) is 0 Å². The van der Waals surface area contributed by atoms with Crippen molar-refractivity contribution in [2.24, 2.45) is 17.4 Å². The van der Waals surface area contributed by atoms with Crippen molar-refractivity contribution in [3.63, 3.8) is 0 Å². The van der Waals surface area contributed by atoms with E-state index in [1.54, 1.807) is 6.92 Å². The zero-order valence-electron chi connectivity index (χ0n) is 18.8. The monoisotopic (exact) mass is 484 g/mol. The summed E-state index contributed by atoms with van der Waals surface area (Å²) >= 11 is 7.85. The maximum Gasteiger partial charge on any atom is 0.243 e. The smallest absolute Gasteiger partial charge is 0.243 e. The number of aromatic nitrogens is 1. The second-order valence-electron chi connectivity index (χ2n) is 8.04. The van der Waals surface area contributed by atoms with Crippen LogP contribution in [0.3, 0.4) is 0 Å². The predicted octanol–water partition coefficient (Wildman–Crippen LogP) is 3.88. The minimum absolute atomic E-state index is 0.152. The maximum absolute atomic E-state index is 13.0. The molecule has 0 aliphatic carbocycles. The molecule has 0 spiro atoms. The molecular formula is C25H29ClN4O2S. The summed E-state index contributed by atoms with van der Waals surface area (Å²) in [7, 11) is 0. The van der Waals surface area contributed by atoms with Crippen LogP contribution in [0, 0.1) is 12.8 Å². The molecule has 0 bridgehead atoms. The van der Waals surface area contributed by atoms with Gasteiger partial charge in [0, 0.05) is 29.3 Å². The number of halogens is 1. The number of rotatable bonds is 10. The second-order valence-corrected chi connectivity index (χ2v) is 9.53. The zero-order chi connectivity index (χ0) is 24.0. The zero-order valence-corrected chi connectivity index (χ0v) is 20.4. The molecule has 2 amide bonds. The summed E-state index contributed by atoms with van der Waals surface area (Å²) < 4.78 is 0. The van der Waals surface area contributed by atoms with Crippen molar-refractivity contribution < 1.29 is 9.59 Å². The van der Waals surface area contributed by atoms with Crippen LogP contribution in [0.2, 0.25) is 5.02 Å². The molecule has 0 radical (unpaired) electrons. The third kappa shape index (κ3) is 5.61. The number of carbonyl (C=O) groups is 2. The Bertz CT molecular complexity index is 1120. The van der Waals surface area contributed by atoms with E-state index in [4.69, 9.17) is 28.1 Å². The van der Waals surface area contributed by atoms with E-state index < -0.39 is 17.4 Å². The average molecular weight is 485 g/mol. The van der Waals surface area contributed by atoms with Crippen molar-refractivity contribution in [1.82, 2.24) is 10.3 Å². The second kappa shape index (κ2) is 10.9. The summed E-state index contributed by atoms with van der Waals surface area (Å²) in [5, 5.41) is 4.24. The average Bonchev–Trinajstić information content (AvgIpc) is 3.17. The molecule has 0 fully saturated rings. The molecule has 5 N–H and O–H groups in total. The predicted molar refractivity (Wildman–Crippen MR) is 134 cm³/mol. The Kier molecular flexibility index (Phi) is 8.24. The van der Waals surface area contributed by atoms with E-state index >= 15 is 0 Å². The number of nitrogens with one attached hydrogen (secondary N) is 1. The van der Waals surface area contributed by atoms with Gasteiger partial charge in [0.15, 0.2) is 0 Å². The van der Waals surface area contributed by atoms with Gasteiger partial charge < -0.3 is 16.8 Å². The van der Waals surface area contributed by atoms with Crippen molar-refractivity contribution in [2.45, 2.75) is 38.6 Å². The molecule has 8 heteroatoms. The summed E-state index contributed by atoms with van der Waals surface area (Å²) in [5.74, 6) is -1.30. The van der Waals surface area contributed by atoms with Crippen molar-refractivity contribution in [2.75, 3.05) is 6.54 Å². The number of thiazole rings is 1. The van der Waals surface area contributed by atoms with Gasteiger partial charge in [0.2, 0.25) is 11.8 Å². The van der Waals surface area contributed by atoms with E-state index in [2.05, 4.69) is 5.32 Å². The van der Waals surface area contributed by atoms with E-state index in [0.29, 0.717) is 16.5 Å². The molecule has 2 aromatic carbocycles. The van der Waals surface area contributed by atoms with Crippen LogP contribution >= 0.6 is 22.9 Å². The highest BCUT2D eigenvalue weighted by molar-refractivity contribution is 7.15. The molecular weight excluding hydrogens is 456 g/mol. The number of primary amides is 1. The summed E-state index contributed by atoms with van der Waals surface area (Å²) in [6.45, 7) is 3.81. The molecule has 1 aromatic heterocycles. The highest BCUT2D eigenvalue weighted by atomic mass is 35.5. The van der Waals surface area contributed by atoms with E-state index in [-0.39, 0.29) is 25.3 Å². The summed E-state index contributed by atoms with van der Waals surface area (Å²) in [5.41, 5.74) is 13.5. The third-order valence-corrected chi connectivity index (χ3v) is 7.34. The van der Waals surface area contributed by atoms with Crippen LogP contribution in [0.15, 0.2) is 54.6 Å². The Balaban J connectivity index is 2.04. The van der Waals surface area contributed by atoms with Crippen LogP contribution in [-0.4, -0.2) is 28.9 Å². The van der Waals surface area contributed by atoms with Crippen LogP contribution in [0.1, 0.15) is 29.6 Å². The molecule has 0 aliphatic rings. The number of nitrogens with zero attached hydrogens (tertiary/aromatic N) is 1. The fraction of sp³-hybridized carbons (Fsp3) is 0.320. The first-order valence-electron chi connectivity index (χ1n) is 10.9. The lowest BCUT2D eigenvalue weighted by atomic mass is 9.76.